The summed E-state index contributed by atoms with van der Waals surface area (Å²) in [5.41, 5.74) is 5.94. The fourth-order valence-electron chi connectivity index (χ4n) is 3.44. The van der Waals surface area contributed by atoms with Crippen LogP contribution in [0.5, 0.6) is 0 Å². The molecule has 22 heavy (non-hydrogen) atoms. The summed E-state index contributed by atoms with van der Waals surface area (Å²) in [6, 6.07) is 12.5. The number of hydrogen-bond donors (Lipinski definition) is 0. The van der Waals surface area contributed by atoms with Crippen molar-refractivity contribution >= 4 is 22.1 Å². The second kappa shape index (κ2) is 5.57. The number of fused-ring (bicyclic) bond motifs is 1. The van der Waals surface area contributed by atoms with Gasteiger partial charge in [0.2, 0.25) is 0 Å². The Labute approximate surface area is 132 Å². The fourth-order valence-corrected chi connectivity index (χ4v) is 3.44. The molecule has 2 aromatic rings. The molecule has 0 radical (unpaired) electrons. The van der Waals surface area contributed by atoms with Crippen LogP contribution in [0.4, 0.5) is 0 Å². The topological polar surface area (TPSA) is 17.1 Å². The lowest BCUT2D eigenvalue weighted by atomic mass is 9.86. The zero-order valence-corrected chi connectivity index (χ0v) is 13.7. The molecular weight excluding hydrogens is 268 g/mol. The summed E-state index contributed by atoms with van der Waals surface area (Å²) in [6.45, 7) is 8.48. The van der Waals surface area contributed by atoms with E-state index in [-0.39, 0.29) is 5.78 Å². The number of Topliss-reactive ketones (excluding diaryl/α,β-unsaturated/α-hetero) is 1. The molecule has 0 bridgehead atoms. The van der Waals surface area contributed by atoms with Crippen LogP contribution in [0.25, 0.3) is 16.3 Å². The summed E-state index contributed by atoms with van der Waals surface area (Å²) in [5.74, 6) is 0.599. The van der Waals surface area contributed by atoms with Gasteiger partial charge in [-0.25, -0.2) is 0 Å². The molecule has 0 aliphatic heterocycles. The van der Waals surface area contributed by atoms with E-state index in [0.717, 1.165) is 16.5 Å². The molecule has 0 fully saturated rings. The molecule has 0 amide bonds. The molecule has 0 saturated carbocycles. The lowest BCUT2D eigenvalue weighted by molar-refractivity contribution is 0.0988. The van der Waals surface area contributed by atoms with Gasteiger partial charge >= 0.3 is 0 Å². The summed E-state index contributed by atoms with van der Waals surface area (Å²) in [7, 11) is 0. The van der Waals surface area contributed by atoms with E-state index >= 15 is 0 Å². The van der Waals surface area contributed by atoms with Gasteiger partial charge in [-0.15, -0.1) is 0 Å². The maximum atomic E-state index is 12.5. The second-order valence-electron chi connectivity index (χ2n) is 6.23. The normalized spacial score (nSPS) is 18.0. The number of hydrogen-bond acceptors (Lipinski definition) is 1. The van der Waals surface area contributed by atoms with E-state index in [0.29, 0.717) is 12.3 Å². The Balaban J connectivity index is 2.28. The Kier molecular flexibility index (Phi) is 3.74. The van der Waals surface area contributed by atoms with Crippen LogP contribution >= 0.6 is 0 Å². The van der Waals surface area contributed by atoms with E-state index in [9.17, 15) is 4.79 Å². The van der Waals surface area contributed by atoms with Crippen molar-refractivity contribution < 1.29 is 4.79 Å². The van der Waals surface area contributed by atoms with Crippen LogP contribution < -0.4 is 0 Å². The van der Waals surface area contributed by atoms with Gasteiger partial charge in [0.25, 0.3) is 0 Å². The summed E-state index contributed by atoms with van der Waals surface area (Å²) < 4.78 is 0. The molecule has 0 aromatic heterocycles. The first-order valence-corrected chi connectivity index (χ1v) is 7.98. The first kappa shape index (κ1) is 14.8. The number of allylic oxidation sites excluding steroid dienone is 4. The highest BCUT2D eigenvalue weighted by Gasteiger charge is 2.24. The predicted molar refractivity (Wildman–Crippen MR) is 94.1 cm³/mol. The highest BCUT2D eigenvalue weighted by Crippen LogP contribution is 2.40. The minimum absolute atomic E-state index is 0.220. The van der Waals surface area contributed by atoms with Crippen LogP contribution in [0.3, 0.4) is 0 Å². The third-order valence-electron chi connectivity index (χ3n) is 4.78. The highest BCUT2D eigenvalue weighted by molar-refractivity contribution is 6.05. The summed E-state index contributed by atoms with van der Waals surface area (Å²) in [4.78, 5) is 12.5. The molecule has 0 heterocycles. The Morgan fingerprint density at radius 1 is 1.09 bits per heavy atom. The van der Waals surface area contributed by atoms with Crippen molar-refractivity contribution in [3.8, 4) is 0 Å². The number of benzene rings is 2. The Bertz CT molecular complexity index is 821. The Morgan fingerprint density at radius 2 is 1.73 bits per heavy atom. The van der Waals surface area contributed by atoms with Crippen molar-refractivity contribution in [2.75, 3.05) is 0 Å². The van der Waals surface area contributed by atoms with Gasteiger partial charge in [0.15, 0.2) is 5.78 Å². The van der Waals surface area contributed by atoms with E-state index in [1.807, 2.05) is 13.0 Å². The number of rotatable bonds is 3. The van der Waals surface area contributed by atoms with Crippen LogP contribution in [0.1, 0.15) is 50.0 Å². The molecule has 3 rings (SSSR count). The standard InChI is InChI=1S/C21H22O/c1-5-20(22)18-11-16-8-6-7-9-17(16)12-19(18)21-14(3)10-13(2)15(21)4/h6-12,15H,5H2,1-4H3. The van der Waals surface area contributed by atoms with Crippen molar-refractivity contribution in [3.05, 3.63) is 64.7 Å². The summed E-state index contributed by atoms with van der Waals surface area (Å²) in [6.07, 6.45) is 2.79. The molecular formula is C21H22O. The van der Waals surface area contributed by atoms with Crippen LogP contribution in [0.15, 0.2) is 53.6 Å². The van der Waals surface area contributed by atoms with Crippen molar-refractivity contribution in [1.29, 1.82) is 0 Å². The molecule has 0 spiro atoms. The fraction of sp³-hybridized carbons (Fsp3) is 0.286. The largest absolute Gasteiger partial charge is 0.294 e. The van der Waals surface area contributed by atoms with Crippen molar-refractivity contribution in [3.63, 3.8) is 0 Å². The molecule has 112 valence electrons. The smallest absolute Gasteiger partial charge is 0.163 e. The molecule has 0 N–H and O–H groups in total. The third-order valence-corrected chi connectivity index (χ3v) is 4.78. The van der Waals surface area contributed by atoms with Crippen LogP contribution in [-0.4, -0.2) is 5.78 Å². The van der Waals surface area contributed by atoms with Crippen molar-refractivity contribution in [1.82, 2.24) is 0 Å². The van der Waals surface area contributed by atoms with Crippen LogP contribution in [0, 0.1) is 5.92 Å². The van der Waals surface area contributed by atoms with Gasteiger partial charge in [-0.1, -0.05) is 49.8 Å². The third kappa shape index (κ3) is 2.31. The minimum atomic E-state index is 0.220. The molecule has 1 nitrogen and oxygen atoms in total. The lowest BCUT2D eigenvalue weighted by Crippen LogP contribution is -2.06. The Morgan fingerprint density at radius 3 is 2.27 bits per heavy atom. The first-order chi connectivity index (χ1) is 10.5. The predicted octanol–water partition coefficient (Wildman–Crippen LogP) is 5.80. The molecule has 1 aliphatic rings. The highest BCUT2D eigenvalue weighted by atomic mass is 16.1. The van der Waals surface area contributed by atoms with Gasteiger partial charge in [0.05, 0.1) is 0 Å². The van der Waals surface area contributed by atoms with E-state index in [1.54, 1.807) is 0 Å². The molecule has 2 aromatic carbocycles. The van der Waals surface area contributed by atoms with Gasteiger partial charge in [-0.3, -0.25) is 4.79 Å². The van der Waals surface area contributed by atoms with Crippen LogP contribution in [0.2, 0.25) is 0 Å². The summed E-state index contributed by atoms with van der Waals surface area (Å²) >= 11 is 0. The lowest BCUT2D eigenvalue weighted by Gasteiger charge is -2.18. The molecule has 1 unspecified atom stereocenters. The number of carbonyl (C=O) groups excluding carboxylic acids is 1. The van der Waals surface area contributed by atoms with Crippen molar-refractivity contribution in [2.24, 2.45) is 5.92 Å². The average Bonchev–Trinajstić information content (AvgIpc) is 2.78. The number of ketones is 1. The first-order valence-electron chi connectivity index (χ1n) is 7.98. The van der Waals surface area contributed by atoms with Gasteiger partial charge in [-0.2, -0.15) is 0 Å². The average molecular weight is 290 g/mol. The zero-order valence-electron chi connectivity index (χ0n) is 13.7. The molecule has 1 aliphatic carbocycles. The molecule has 1 heteroatoms. The zero-order chi connectivity index (χ0) is 15.9. The Hall–Kier alpha value is -2.15. The van der Waals surface area contributed by atoms with Gasteiger partial charge in [0, 0.05) is 17.9 Å². The van der Waals surface area contributed by atoms with E-state index in [2.05, 4.69) is 57.2 Å². The number of carbonyl (C=O) groups is 1. The van der Waals surface area contributed by atoms with E-state index in [1.165, 1.54) is 22.1 Å². The summed E-state index contributed by atoms with van der Waals surface area (Å²) in [5, 5.41) is 2.33. The van der Waals surface area contributed by atoms with Gasteiger partial charge in [-0.05, 0) is 53.5 Å². The van der Waals surface area contributed by atoms with Crippen molar-refractivity contribution in [2.45, 2.75) is 34.1 Å². The van der Waals surface area contributed by atoms with E-state index < -0.39 is 0 Å². The maximum absolute atomic E-state index is 12.5. The quantitative estimate of drug-likeness (QED) is 0.653. The molecule has 1 atom stereocenters. The van der Waals surface area contributed by atoms with Gasteiger partial charge < -0.3 is 0 Å². The SMILES string of the molecule is CCC(=O)c1cc2ccccc2cc1C1=C(C)C=C(C)C1C. The minimum Gasteiger partial charge on any atom is -0.294 e. The second-order valence-corrected chi connectivity index (χ2v) is 6.23. The maximum Gasteiger partial charge on any atom is 0.163 e. The molecule has 0 saturated heterocycles. The monoisotopic (exact) mass is 290 g/mol. The van der Waals surface area contributed by atoms with Crippen LogP contribution in [-0.2, 0) is 0 Å². The van der Waals surface area contributed by atoms with E-state index in [4.69, 9.17) is 0 Å². The van der Waals surface area contributed by atoms with Gasteiger partial charge in [0.1, 0.15) is 0 Å².